The highest BCUT2D eigenvalue weighted by atomic mass is 16.5. The summed E-state index contributed by atoms with van der Waals surface area (Å²) in [6, 6.07) is 7.38. The second-order valence-electron chi connectivity index (χ2n) is 7.42. The molecule has 1 fully saturated rings. The molecule has 1 saturated heterocycles. The molecule has 3 heterocycles. The lowest BCUT2D eigenvalue weighted by Crippen LogP contribution is -2.35. The van der Waals surface area contributed by atoms with Crippen molar-refractivity contribution in [3.63, 3.8) is 0 Å². The lowest BCUT2D eigenvalue weighted by Gasteiger charge is -2.19. The van der Waals surface area contributed by atoms with Crippen LogP contribution in [0.3, 0.4) is 0 Å². The number of carbonyl (C=O) groups excluding carboxylic acids is 1. The highest BCUT2D eigenvalue weighted by Gasteiger charge is 2.23. The molecule has 0 spiro atoms. The van der Waals surface area contributed by atoms with E-state index in [1.807, 2.05) is 12.1 Å². The van der Waals surface area contributed by atoms with Gasteiger partial charge in [-0.3, -0.25) is 9.69 Å². The largest absolute Gasteiger partial charge is 0.508 e. The van der Waals surface area contributed by atoms with Crippen LogP contribution >= 0.6 is 0 Å². The number of hydrogen-bond donors (Lipinski definition) is 2. The van der Waals surface area contributed by atoms with Crippen LogP contribution in [-0.4, -0.2) is 63.0 Å². The second kappa shape index (κ2) is 8.70. The van der Waals surface area contributed by atoms with Gasteiger partial charge in [-0.05, 0) is 30.5 Å². The molecule has 8 nitrogen and oxygen atoms in total. The molecule has 150 valence electrons. The molecule has 4 rings (SSSR count). The Labute approximate surface area is 164 Å². The lowest BCUT2D eigenvalue weighted by atomic mass is 10.2. The Balaban J connectivity index is 1.29. The summed E-state index contributed by atoms with van der Waals surface area (Å²) in [5.41, 5.74) is 1.19. The molecule has 2 aliphatic heterocycles. The summed E-state index contributed by atoms with van der Waals surface area (Å²) in [5.74, 6) is 2.21. The van der Waals surface area contributed by atoms with E-state index in [1.54, 1.807) is 12.1 Å². The number of aromatic nitrogens is 3. The van der Waals surface area contributed by atoms with Crippen LogP contribution in [0, 0.1) is 0 Å². The molecule has 0 radical (unpaired) electrons. The molecule has 0 bridgehead atoms. The van der Waals surface area contributed by atoms with Gasteiger partial charge >= 0.3 is 0 Å². The molecule has 8 heteroatoms. The summed E-state index contributed by atoms with van der Waals surface area (Å²) < 4.78 is 7.60. The molecule has 28 heavy (non-hydrogen) atoms. The van der Waals surface area contributed by atoms with Gasteiger partial charge < -0.3 is 19.7 Å². The van der Waals surface area contributed by atoms with Crippen LogP contribution < -0.4 is 5.32 Å². The van der Waals surface area contributed by atoms with E-state index in [4.69, 9.17) is 4.74 Å². The predicted molar refractivity (Wildman–Crippen MR) is 103 cm³/mol. The molecular formula is C20H27N5O3. The highest BCUT2D eigenvalue weighted by Crippen LogP contribution is 2.15. The van der Waals surface area contributed by atoms with Crippen molar-refractivity contribution in [1.82, 2.24) is 25.0 Å². The molecule has 0 aliphatic carbocycles. The topological polar surface area (TPSA) is 92.5 Å². The fourth-order valence-corrected chi connectivity index (χ4v) is 3.83. The van der Waals surface area contributed by atoms with Gasteiger partial charge in [0.1, 0.15) is 23.5 Å². The normalized spacial score (nSPS) is 19.9. The quantitative estimate of drug-likeness (QED) is 0.767. The predicted octanol–water partition coefficient (Wildman–Crippen LogP) is 0.880. The molecule has 1 aromatic heterocycles. The number of amides is 1. The molecule has 0 saturated carbocycles. The van der Waals surface area contributed by atoms with Gasteiger partial charge in [0.25, 0.3) is 0 Å². The maximum absolute atomic E-state index is 12.1. The Morgan fingerprint density at radius 3 is 2.86 bits per heavy atom. The van der Waals surface area contributed by atoms with Gasteiger partial charge in [-0.1, -0.05) is 12.1 Å². The molecule has 2 aliphatic rings. The van der Waals surface area contributed by atoms with E-state index >= 15 is 0 Å². The maximum atomic E-state index is 12.1. The maximum Gasteiger partial charge on any atom is 0.249 e. The van der Waals surface area contributed by atoms with Crippen LogP contribution in [0.15, 0.2) is 24.3 Å². The van der Waals surface area contributed by atoms with Gasteiger partial charge in [-0.15, -0.1) is 10.2 Å². The third kappa shape index (κ3) is 4.51. The van der Waals surface area contributed by atoms with E-state index in [2.05, 4.69) is 25.0 Å². The fraction of sp³-hybridized carbons (Fsp3) is 0.550. The second-order valence-corrected chi connectivity index (χ2v) is 7.42. The summed E-state index contributed by atoms with van der Waals surface area (Å²) in [4.78, 5) is 14.4. The first-order chi connectivity index (χ1) is 13.7. The minimum Gasteiger partial charge on any atom is -0.508 e. The lowest BCUT2D eigenvalue weighted by molar-refractivity contribution is -0.130. The van der Waals surface area contributed by atoms with Crippen LogP contribution in [0.4, 0.5) is 0 Å². The Bertz CT molecular complexity index is 799. The first kappa shape index (κ1) is 18.9. The zero-order valence-electron chi connectivity index (χ0n) is 16.0. The zero-order chi connectivity index (χ0) is 19.3. The van der Waals surface area contributed by atoms with Crippen molar-refractivity contribution < 1.29 is 14.6 Å². The minimum absolute atomic E-state index is 0.0202. The fourth-order valence-electron chi connectivity index (χ4n) is 3.83. The summed E-state index contributed by atoms with van der Waals surface area (Å²) in [6.45, 7) is 4.77. The van der Waals surface area contributed by atoms with Crippen LogP contribution in [0.2, 0.25) is 0 Å². The molecule has 1 atom stereocenters. The van der Waals surface area contributed by atoms with E-state index < -0.39 is 0 Å². The number of rotatable bonds is 6. The molecule has 2 N–H and O–H groups in total. The highest BCUT2D eigenvalue weighted by molar-refractivity contribution is 5.80. The van der Waals surface area contributed by atoms with E-state index in [0.717, 1.165) is 57.1 Å². The molecular weight excluding hydrogens is 358 g/mol. The molecule has 1 unspecified atom stereocenters. The van der Waals surface area contributed by atoms with E-state index in [-0.39, 0.29) is 12.0 Å². The molecule has 1 amide bonds. The number of hydrogen-bond acceptors (Lipinski definition) is 6. The Morgan fingerprint density at radius 1 is 1.21 bits per heavy atom. The van der Waals surface area contributed by atoms with Crippen LogP contribution in [0.1, 0.15) is 30.1 Å². The standard InChI is InChI=1S/C20H27N5O3/c26-16-5-3-15(4-6-16)14-24-10-8-19-23-22-18(25(19)12-11-24)7-9-21-20(27)17-2-1-13-28-17/h3-6,17,26H,1-2,7-14H2,(H,21,27). The average Bonchev–Trinajstić information content (AvgIpc) is 3.32. The summed E-state index contributed by atoms with van der Waals surface area (Å²) in [6.07, 6.45) is 3.00. The monoisotopic (exact) mass is 385 g/mol. The number of fused-ring (bicyclic) bond motifs is 1. The van der Waals surface area contributed by atoms with Gasteiger partial charge in [0, 0.05) is 52.2 Å². The number of aromatic hydroxyl groups is 1. The van der Waals surface area contributed by atoms with Gasteiger partial charge in [-0.25, -0.2) is 0 Å². The third-order valence-corrected chi connectivity index (χ3v) is 5.41. The number of nitrogens with one attached hydrogen (secondary N) is 1. The average molecular weight is 385 g/mol. The van der Waals surface area contributed by atoms with Crippen molar-refractivity contribution in [1.29, 1.82) is 0 Å². The number of phenolic OH excluding ortho intramolecular Hbond substituents is 1. The van der Waals surface area contributed by atoms with Crippen molar-refractivity contribution in [3.05, 3.63) is 41.5 Å². The van der Waals surface area contributed by atoms with Gasteiger partial charge in [0.05, 0.1) is 0 Å². The first-order valence-corrected chi connectivity index (χ1v) is 9.99. The minimum atomic E-state index is -0.288. The third-order valence-electron chi connectivity index (χ3n) is 5.41. The number of carbonyl (C=O) groups is 1. The zero-order valence-corrected chi connectivity index (χ0v) is 16.0. The van der Waals surface area contributed by atoms with E-state index in [1.165, 1.54) is 5.56 Å². The smallest absolute Gasteiger partial charge is 0.249 e. The Kier molecular flexibility index (Phi) is 5.87. The first-order valence-electron chi connectivity index (χ1n) is 9.99. The van der Waals surface area contributed by atoms with Crippen molar-refractivity contribution in [2.75, 3.05) is 26.2 Å². The Hall–Kier alpha value is -2.45. The van der Waals surface area contributed by atoms with Crippen LogP contribution in [0.5, 0.6) is 5.75 Å². The van der Waals surface area contributed by atoms with Crippen LogP contribution in [-0.2, 0) is 35.5 Å². The van der Waals surface area contributed by atoms with Crippen molar-refractivity contribution in [3.8, 4) is 5.75 Å². The van der Waals surface area contributed by atoms with Crippen molar-refractivity contribution in [2.24, 2.45) is 0 Å². The molecule has 2 aromatic rings. The summed E-state index contributed by atoms with van der Waals surface area (Å²) in [5, 5.41) is 21.1. The summed E-state index contributed by atoms with van der Waals surface area (Å²) in [7, 11) is 0. The van der Waals surface area contributed by atoms with Gasteiger partial charge in [0.2, 0.25) is 5.91 Å². The van der Waals surface area contributed by atoms with Crippen LogP contribution in [0.25, 0.3) is 0 Å². The van der Waals surface area contributed by atoms with E-state index in [9.17, 15) is 9.90 Å². The number of benzene rings is 1. The number of nitrogens with zero attached hydrogens (tertiary/aromatic N) is 4. The van der Waals surface area contributed by atoms with Crippen molar-refractivity contribution in [2.45, 2.75) is 44.9 Å². The van der Waals surface area contributed by atoms with E-state index in [0.29, 0.717) is 25.3 Å². The number of phenols is 1. The molecule has 1 aromatic carbocycles. The van der Waals surface area contributed by atoms with Gasteiger partial charge in [0.15, 0.2) is 0 Å². The van der Waals surface area contributed by atoms with Gasteiger partial charge in [-0.2, -0.15) is 0 Å². The van der Waals surface area contributed by atoms with Crippen molar-refractivity contribution >= 4 is 5.91 Å². The summed E-state index contributed by atoms with van der Waals surface area (Å²) >= 11 is 0. The Morgan fingerprint density at radius 2 is 2.07 bits per heavy atom. The SMILES string of the molecule is O=C(NCCc1nnc2n1CCN(Cc1ccc(O)cc1)CC2)C1CCCO1. The number of ether oxygens (including phenoxy) is 1.